The summed E-state index contributed by atoms with van der Waals surface area (Å²) in [5.41, 5.74) is 1.80. The van der Waals surface area contributed by atoms with Crippen molar-refractivity contribution in [3.05, 3.63) is 29.8 Å². The van der Waals surface area contributed by atoms with Crippen molar-refractivity contribution in [2.24, 2.45) is 0 Å². The molecule has 4 nitrogen and oxygen atoms in total. The van der Waals surface area contributed by atoms with E-state index in [0.29, 0.717) is 12.1 Å². The first kappa shape index (κ1) is 15.8. The predicted octanol–water partition coefficient (Wildman–Crippen LogP) is 3.15. The van der Waals surface area contributed by atoms with Crippen LogP contribution in [0.3, 0.4) is 0 Å². The number of carbonyl (C=O) groups excluding carboxylic acids is 1. The molecule has 116 valence electrons. The van der Waals surface area contributed by atoms with Gasteiger partial charge in [0.15, 0.2) is 0 Å². The van der Waals surface area contributed by atoms with Crippen molar-refractivity contribution in [2.45, 2.75) is 44.8 Å². The Hall–Kier alpha value is -1.55. The van der Waals surface area contributed by atoms with Crippen molar-refractivity contribution in [1.29, 1.82) is 0 Å². The minimum atomic E-state index is 0.0376. The summed E-state index contributed by atoms with van der Waals surface area (Å²) in [6.45, 7) is 3.03. The van der Waals surface area contributed by atoms with E-state index >= 15 is 0 Å². The van der Waals surface area contributed by atoms with Crippen LogP contribution in [-0.4, -0.2) is 43.7 Å². The number of nitrogens with one attached hydrogen (secondary N) is 1. The fourth-order valence-electron chi connectivity index (χ4n) is 2.74. The number of hydrogen-bond acceptors (Lipinski definition) is 3. The highest BCUT2D eigenvalue weighted by Gasteiger charge is 2.21. The number of amides is 1. The van der Waals surface area contributed by atoms with Crippen LogP contribution < -0.4 is 5.32 Å². The minimum Gasteiger partial charge on any atom is -0.382 e. The molecule has 1 N–H and O–H groups in total. The van der Waals surface area contributed by atoms with Crippen LogP contribution in [0.1, 0.15) is 43.0 Å². The molecule has 0 spiro atoms. The van der Waals surface area contributed by atoms with Crippen molar-refractivity contribution in [3.8, 4) is 0 Å². The molecule has 1 aliphatic rings. The lowest BCUT2D eigenvalue weighted by Crippen LogP contribution is -2.34. The molecule has 1 fully saturated rings. The number of anilines is 1. The molecule has 1 aromatic rings. The molecule has 21 heavy (non-hydrogen) atoms. The maximum absolute atomic E-state index is 11.8. The summed E-state index contributed by atoms with van der Waals surface area (Å²) in [4.78, 5) is 13.4. The predicted molar refractivity (Wildman–Crippen MR) is 85.8 cm³/mol. The zero-order valence-corrected chi connectivity index (χ0v) is 13.3. The molecule has 0 aromatic heterocycles. The smallest absolute Gasteiger partial charge is 0.253 e. The van der Waals surface area contributed by atoms with Gasteiger partial charge in [-0.05, 0) is 43.5 Å². The SMILES string of the molecule is CCCC1CC(Nc2ccc(C(=O)N(C)C)cc2)CCO1. The highest BCUT2D eigenvalue weighted by atomic mass is 16.5. The van der Waals surface area contributed by atoms with Crippen LogP contribution in [0.25, 0.3) is 0 Å². The Kier molecular flexibility index (Phi) is 5.62. The van der Waals surface area contributed by atoms with Gasteiger partial charge in [0.25, 0.3) is 5.91 Å². The molecule has 0 aliphatic carbocycles. The van der Waals surface area contributed by atoms with E-state index in [4.69, 9.17) is 4.74 Å². The number of nitrogens with zero attached hydrogens (tertiary/aromatic N) is 1. The van der Waals surface area contributed by atoms with Crippen LogP contribution >= 0.6 is 0 Å². The van der Waals surface area contributed by atoms with Gasteiger partial charge in [0, 0.05) is 38.0 Å². The van der Waals surface area contributed by atoms with Crippen LogP contribution in [0.5, 0.6) is 0 Å². The van der Waals surface area contributed by atoms with Crippen LogP contribution in [0.4, 0.5) is 5.69 Å². The van der Waals surface area contributed by atoms with E-state index in [-0.39, 0.29) is 5.91 Å². The molecule has 4 heteroatoms. The molecule has 0 radical (unpaired) electrons. The molecule has 0 saturated carbocycles. The third kappa shape index (κ3) is 4.46. The fraction of sp³-hybridized carbons (Fsp3) is 0.588. The topological polar surface area (TPSA) is 41.6 Å². The van der Waals surface area contributed by atoms with E-state index in [2.05, 4.69) is 12.2 Å². The molecule has 1 heterocycles. The first-order chi connectivity index (χ1) is 10.1. The minimum absolute atomic E-state index is 0.0376. The van der Waals surface area contributed by atoms with Gasteiger partial charge >= 0.3 is 0 Å². The van der Waals surface area contributed by atoms with Crippen LogP contribution in [-0.2, 0) is 4.74 Å². The maximum Gasteiger partial charge on any atom is 0.253 e. The van der Waals surface area contributed by atoms with Gasteiger partial charge in [0.1, 0.15) is 0 Å². The van der Waals surface area contributed by atoms with E-state index in [9.17, 15) is 4.79 Å². The number of hydrogen-bond donors (Lipinski definition) is 1. The highest BCUT2D eigenvalue weighted by Crippen LogP contribution is 2.21. The lowest BCUT2D eigenvalue weighted by molar-refractivity contribution is 0.00598. The molecule has 2 unspecified atom stereocenters. The average molecular weight is 290 g/mol. The van der Waals surface area contributed by atoms with Gasteiger partial charge in [0.2, 0.25) is 0 Å². The Morgan fingerprint density at radius 2 is 2.05 bits per heavy atom. The molecule has 2 atom stereocenters. The highest BCUT2D eigenvalue weighted by molar-refractivity contribution is 5.94. The van der Waals surface area contributed by atoms with E-state index in [1.165, 1.54) is 6.42 Å². The molecule has 0 bridgehead atoms. The van der Waals surface area contributed by atoms with Gasteiger partial charge in [0.05, 0.1) is 6.10 Å². The van der Waals surface area contributed by atoms with Gasteiger partial charge < -0.3 is 15.0 Å². The molecular formula is C17H26N2O2. The Bertz CT molecular complexity index is 454. The molecule has 1 saturated heterocycles. The van der Waals surface area contributed by atoms with Crippen molar-refractivity contribution in [3.63, 3.8) is 0 Å². The van der Waals surface area contributed by atoms with E-state index < -0.39 is 0 Å². The molecule has 1 amide bonds. The van der Waals surface area contributed by atoms with Gasteiger partial charge in [-0.15, -0.1) is 0 Å². The maximum atomic E-state index is 11.8. The monoisotopic (exact) mass is 290 g/mol. The summed E-state index contributed by atoms with van der Waals surface area (Å²) >= 11 is 0. The Balaban J connectivity index is 1.92. The van der Waals surface area contributed by atoms with Crippen molar-refractivity contribution in [2.75, 3.05) is 26.0 Å². The Morgan fingerprint density at radius 3 is 2.67 bits per heavy atom. The van der Waals surface area contributed by atoms with Gasteiger partial charge in [-0.25, -0.2) is 0 Å². The quantitative estimate of drug-likeness (QED) is 0.905. The van der Waals surface area contributed by atoms with Crippen molar-refractivity contribution >= 4 is 11.6 Å². The van der Waals surface area contributed by atoms with E-state index in [1.54, 1.807) is 19.0 Å². The first-order valence-electron chi connectivity index (χ1n) is 7.80. The summed E-state index contributed by atoms with van der Waals surface area (Å²) in [6.07, 6.45) is 4.79. The lowest BCUT2D eigenvalue weighted by Gasteiger charge is -2.30. The van der Waals surface area contributed by atoms with E-state index in [1.807, 2.05) is 24.3 Å². The van der Waals surface area contributed by atoms with Crippen LogP contribution in [0.2, 0.25) is 0 Å². The Morgan fingerprint density at radius 1 is 1.33 bits per heavy atom. The average Bonchev–Trinajstić information content (AvgIpc) is 2.48. The summed E-state index contributed by atoms with van der Waals surface area (Å²) in [5.74, 6) is 0.0376. The van der Waals surface area contributed by atoms with Crippen LogP contribution in [0, 0.1) is 0 Å². The number of ether oxygens (including phenoxy) is 1. The molecular weight excluding hydrogens is 264 g/mol. The normalized spacial score (nSPS) is 21.9. The zero-order chi connectivity index (χ0) is 15.2. The molecule has 1 aliphatic heterocycles. The molecule has 2 rings (SSSR count). The Labute approximate surface area is 127 Å². The van der Waals surface area contributed by atoms with Crippen LogP contribution in [0.15, 0.2) is 24.3 Å². The fourth-order valence-corrected chi connectivity index (χ4v) is 2.74. The summed E-state index contributed by atoms with van der Waals surface area (Å²) < 4.78 is 5.77. The van der Waals surface area contributed by atoms with Gasteiger partial charge in [-0.3, -0.25) is 4.79 Å². The zero-order valence-electron chi connectivity index (χ0n) is 13.3. The second-order valence-electron chi connectivity index (χ2n) is 5.92. The number of benzene rings is 1. The van der Waals surface area contributed by atoms with E-state index in [0.717, 1.165) is 37.1 Å². The second-order valence-corrected chi connectivity index (χ2v) is 5.92. The first-order valence-corrected chi connectivity index (χ1v) is 7.80. The summed E-state index contributed by atoms with van der Waals surface area (Å²) in [5, 5.41) is 3.56. The third-order valence-electron chi connectivity index (χ3n) is 3.89. The largest absolute Gasteiger partial charge is 0.382 e. The lowest BCUT2D eigenvalue weighted by atomic mass is 10.00. The molecule has 1 aromatic carbocycles. The third-order valence-corrected chi connectivity index (χ3v) is 3.89. The summed E-state index contributed by atoms with van der Waals surface area (Å²) in [6, 6.07) is 8.20. The second kappa shape index (κ2) is 7.46. The van der Waals surface area contributed by atoms with Crippen molar-refractivity contribution in [1.82, 2.24) is 4.90 Å². The summed E-state index contributed by atoms with van der Waals surface area (Å²) in [7, 11) is 3.54. The number of rotatable bonds is 5. The van der Waals surface area contributed by atoms with Crippen molar-refractivity contribution < 1.29 is 9.53 Å². The standard InChI is InChI=1S/C17H26N2O2/c1-4-5-16-12-15(10-11-21-16)18-14-8-6-13(7-9-14)17(20)19(2)3/h6-9,15-16,18H,4-5,10-12H2,1-3H3. The van der Waals surface area contributed by atoms with Gasteiger partial charge in [-0.1, -0.05) is 13.3 Å². The number of carbonyl (C=O) groups is 1. The van der Waals surface area contributed by atoms with Gasteiger partial charge in [-0.2, -0.15) is 0 Å².